The Kier molecular flexibility index (Phi) is 4.43. The van der Waals surface area contributed by atoms with Crippen LogP contribution >= 0.6 is 0 Å². The molecule has 1 atom stereocenters. The summed E-state index contributed by atoms with van der Waals surface area (Å²) in [7, 11) is 0. The molecule has 0 radical (unpaired) electrons. The summed E-state index contributed by atoms with van der Waals surface area (Å²) in [5, 5.41) is 0. The molecule has 0 bridgehead atoms. The maximum Gasteiger partial charge on any atom is 0.217 e. The number of amides is 1. The summed E-state index contributed by atoms with van der Waals surface area (Å²) >= 11 is 0. The molecule has 1 aromatic carbocycles. The van der Waals surface area contributed by atoms with Crippen molar-refractivity contribution >= 4 is 5.91 Å². The Morgan fingerprint density at radius 2 is 2.05 bits per heavy atom. The van der Waals surface area contributed by atoms with Crippen LogP contribution in [0.5, 0.6) is 0 Å². The highest BCUT2D eigenvalue weighted by atomic mass is 19.1. The quantitative estimate of drug-likeness (QED) is 0.869. The zero-order chi connectivity index (χ0) is 14.8. The second-order valence-corrected chi connectivity index (χ2v) is 6.17. The Morgan fingerprint density at radius 1 is 1.40 bits per heavy atom. The predicted molar refractivity (Wildman–Crippen MR) is 77.4 cm³/mol. The molecule has 0 aromatic heterocycles. The summed E-state index contributed by atoms with van der Waals surface area (Å²) < 4.78 is 13.3. The summed E-state index contributed by atoms with van der Waals surface area (Å²) in [6, 6.07) is 4.82. The first-order chi connectivity index (χ1) is 9.42. The van der Waals surface area contributed by atoms with E-state index in [2.05, 4.69) is 0 Å². The third-order valence-corrected chi connectivity index (χ3v) is 4.48. The van der Waals surface area contributed by atoms with Crippen LogP contribution < -0.4 is 11.5 Å². The lowest BCUT2D eigenvalue weighted by atomic mass is 9.76. The maximum atomic E-state index is 13.3. The second-order valence-electron chi connectivity index (χ2n) is 6.17. The lowest BCUT2D eigenvalue weighted by Gasteiger charge is -2.31. The molecule has 4 N–H and O–H groups in total. The van der Waals surface area contributed by atoms with Crippen molar-refractivity contribution in [2.24, 2.45) is 16.9 Å². The van der Waals surface area contributed by atoms with Crippen molar-refractivity contribution in [3.05, 3.63) is 35.1 Å². The minimum Gasteiger partial charge on any atom is -0.370 e. The van der Waals surface area contributed by atoms with Gasteiger partial charge in [0.05, 0.1) is 0 Å². The molecule has 0 heterocycles. The molecule has 20 heavy (non-hydrogen) atoms. The lowest BCUT2D eigenvalue weighted by Crippen LogP contribution is -2.29. The lowest BCUT2D eigenvalue weighted by molar-refractivity contribution is -0.120. The van der Waals surface area contributed by atoms with Crippen LogP contribution in [-0.4, -0.2) is 5.91 Å². The predicted octanol–water partition coefficient (Wildman–Crippen LogP) is 2.96. The van der Waals surface area contributed by atoms with Gasteiger partial charge in [-0.25, -0.2) is 4.39 Å². The number of nitrogens with two attached hydrogens (primary N) is 2. The summed E-state index contributed by atoms with van der Waals surface area (Å²) in [4.78, 5) is 11.3. The molecular formula is C16H23FN2O. The van der Waals surface area contributed by atoms with Crippen LogP contribution in [0, 0.1) is 18.2 Å². The molecule has 1 amide bonds. The van der Waals surface area contributed by atoms with Crippen LogP contribution in [0.4, 0.5) is 4.39 Å². The molecule has 0 saturated heterocycles. The number of carbonyl (C=O) groups excluding carboxylic acids is 1. The number of carbonyl (C=O) groups is 1. The fourth-order valence-corrected chi connectivity index (χ4v) is 3.43. The molecule has 0 aliphatic heterocycles. The van der Waals surface area contributed by atoms with Crippen LogP contribution in [-0.2, 0) is 4.79 Å². The number of benzene rings is 1. The largest absolute Gasteiger partial charge is 0.370 e. The molecule has 1 saturated carbocycles. The van der Waals surface area contributed by atoms with Crippen molar-refractivity contribution in [1.29, 1.82) is 0 Å². The molecule has 0 spiro atoms. The molecule has 110 valence electrons. The fraction of sp³-hybridized carbons (Fsp3) is 0.562. The van der Waals surface area contributed by atoms with Gasteiger partial charge in [0.15, 0.2) is 0 Å². The Hall–Kier alpha value is -1.42. The highest BCUT2D eigenvalue weighted by Gasteiger charge is 2.37. The first-order valence-electron chi connectivity index (χ1n) is 7.22. The summed E-state index contributed by atoms with van der Waals surface area (Å²) in [6.07, 6.45) is 5.40. The monoisotopic (exact) mass is 278 g/mol. The van der Waals surface area contributed by atoms with Crippen molar-refractivity contribution in [2.45, 2.75) is 51.5 Å². The highest BCUT2D eigenvalue weighted by Crippen LogP contribution is 2.46. The van der Waals surface area contributed by atoms with E-state index in [9.17, 15) is 9.18 Å². The van der Waals surface area contributed by atoms with Gasteiger partial charge in [-0.05, 0) is 48.8 Å². The number of hydrogen-bond donors (Lipinski definition) is 2. The Bertz CT molecular complexity index is 495. The molecule has 1 fully saturated rings. The number of aryl methyl sites for hydroxylation is 1. The first kappa shape index (κ1) is 15.0. The van der Waals surface area contributed by atoms with E-state index in [1.54, 1.807) is 19.1 Å². The average Bonchev–Trinajstić information content (AvgIpc) is 2.79. The van der Waals surface area contributed by atoms with E-state index in [1.165, 1.54) is 6.07 Å². The molecule has 1 aromatic rings. The summed E-state index contributed by atoms with van der Waals surface area (Å²) in [5.74, 6) is -0.469. The number of hydrogen-bond acceptors (Lipinski definition) is 2. The van der Waals surface area contributed by atoms with Crippen molar-refractivity contribution in [3.8, 4) is 0 Å². The van der Waals surface area contributed by atoms with E-state index < -0.39 is 0 Å². The van der Waals surface area contributed by atoms with Gasteiger partial charge >= 0.3 is 0 Å². The van der Waals surface area contributed by atoms with E-state index in [0.717, 1.165) is 37.7 Å². The molecule has 2 rings (SSSR count). The molecule has 1 aliphatic rings. The Balaban J connectivity index is 2.13. The van der Waals surface area contributed by atoms with Gasteiger partial charge in [-0.2, -0.15) is 0 Å². The van der Waals surface area contributed by atoms with Gasteiger partial charge in [-0.3, -0.25) is 4.79 Å². The minimum absolute atomic E-state index is 0.0620. The standard InChI is InChI=1S/C16H23FN2O/c1-11-8-12(4-5-13(11)17)14(18)9-16(10-15(19)20)6-2-3-7-16/h4-5,8,14H,2-3,6-7,9-10,18H2,1H3,(H2,19,20). The zero-order valence-corrected chi connectivity index (χ0v) is 12.0. The zero-order valence-electron chi connectivity index (χ0n) is 12.0. The van der Waals surface area contributed by atoms with Gasteiger partial charge in [-0.1, -0.05) is 25.0 Å². The molecule has 1 aliphatic carbocycles. The molecule has 3 nitrogen and oxygen atoms in total. The van der Waals surface area contributed by atoms with Crippen LogP contribution in [0.15, 0.2) is 18.2 Å². The summed E-state index contributed by atoms with van der Waals surface area (Å²) in [6.45, 7) is 1.74. The van der Waals surface area contributed by atoms with Crippen LogP contribution in [0.1, 0.15) is 55.7 Å². The van der Waals surface area contributed by atoms with Gasteiger partial charge in [-0.15, -0.1) is 0 Å². The minimum atomic E-state index is -0.255. The van der Waals surface area contributed by atoms with Crippen molar-refractivity contribution in [2.75, 3.05) is 0 Å². The van der Waals surface area contributed by atoms with E-state index >= 15 is 0 Å². The van der Waals surface area contributed by atoms with E-state index in [-0.39, 0.29) is 23.2 Å². The normalized spacial score (nSPS) is 18.9. The van der Waals surface area contributed by atoms with Crippen LogP contribution in [0.2, 0.25) is 0 Å². The highest BCUT2D eigenvalue weighted by molar-refractivity contribution is 5.74. The average molecular weight is 278 g/mol. The number of halogens is 1. The van der Waals surface area contributed by atoms with Gasteiger partial charge in [0, 0.05) is 12.5 Å². The topological polar surface area (TPSA) is 69.1 Å². The number of rotatable bonds is 5. The SMILES string of the molecule is Cc1cc(C(N)CC2(CC(N)=O)CCCC2)ccc1F. The van der Waals surface area contributed by atoms with E-state index in [0.29, 0.717) is 12.0 Å². The fourth-order valence-electron chi connectivity index (χ4n) is 3.43. The maximum absolute atomic E-state index is 13.3. The third-order valence-electron chi connectivity index (χ3n) is 4.48. The Labute approximate surface area is 119 Å². The molecule has 1 unspecified atom stereocenters. The second kappa shape index (κ2) is 5.92. The molecule has 4 heteroatoms. The van der Waals surface area contributed by atoms with E-state index in [1.807, 2.05) is 0 Å². The van der Waals surface area contributed by atoms with Gasteiger partial charge in [0.2, 0.25) is 5.91 Å². The summed E-state index contributed by atoms with van der Waals surface area (Å²) in [5.41, 5.74) is 13.1. The van der Waals surface area contributed by atoms with E-state index in [4.69, 9.17) is 11.5 Å². The molecular weight excluding hydrogens is 255 g/mol. The number of primary amides is 1. The van der Waals surface area contributed by atoms with Gasteiger partial charge < -0.3 is 11.5 Å². The van der Waals surface area contributed by atoms with Crippen molar-refractivity contribution in [1.82, 2.24) is 0 Å². The van der Waals surface area contributed by atoms with Gasteiger partial charge in [0.25, 0.3) is 0 Å². The smallest absolute Gasteiger partial charge is 0.217 e. The van der Waals surface area contributed by atoms with Crippen LogP contribution in [0.25, 0.3) is 0 Å². The third kappa shape index (κ3) is 3.37. The van der Waals surface area contributed by atoms with Gasteiger partial charge in [0.1, 0.15) is 5.82 Å². The van der Waals surface area contributed by atoms with Crippen molar-refractivity contribution < 1.29 is 9.18 Å². The van der Waals surface area contributed by atoms with Crippen molar-refractivity contribution in [3.63, 3.8) is 0 Å². The first-order valence-corrected chi connectivity index (χ1v) is 7.22. The van der Waals surface area contributed by atoms with Crippen LogP contribution in [0.3, 0.4) is 0 Å². The Morgan fingerprint density at radius 3 is 2.60 bits per heavy atom.